The predicted molar refractivity (Wildman–Crippen MR) is 75.8 cm³/mol. The molecule has 1 aromatic carbocycles. The third kappa shape index (κ3) is 3.32. The van der Waals surface area contributed by atoms with Gasteiger partial charge in [0.2, 0.25) is 0 Å². The van der Waals surface area contributed by atoms with Crippen molar-refractivity contribution in [3.63, 3.8) is 0 Å². The summed E-state index contributed by atoms with van der Waals surface area (Å²) in [6, 6.07) is 4.89. The van der Waals surface area contributed by atoms with Gasteiger partial charge in [0.25, 0.3) is 5.91 Å². The third-order valence-corrected chi connectivity index (χ3v) is 2.86. The zero-order valence-electron chi connectivity index (χ0n) is 11.5. The molecule has 21 heavy (non-hydrogen) atoms. The van der Waals surface area contributed by atoms with Crippen molar-refractivity contribution >= 4 is 17.4 Å². The first-order chi connectivity index (χ1) is 9.90. The number of carbonyl (C=O) groups is 1. The average Bonchev–Trinajstić information content (AvgIpc) is 2.43. The van der Waals surface area contributed by atoms with Gasteiger partial charge in [-0.15, -0.1) is 0 Å². The number of hydrogen-bond donors (Lipinski definition) is 3. The fourth-order valence-corrected chi connectivity index (χ4v) is 1.81. The van der Waals surface area contributed by atoms with Gasteiger partial charge in [0.15, 0.2) is 0 Å². The average molecular weight is 292 g/mol. The van der Waals surface area contributed by atoms with Gasteiger partial charge in [-0.05, 0) is 37.6 Å². The number of nitrogens with two attached hydrogens (primary N) is 1. The lowest BCUT2D eigenvalue weighted by molar-refractivity contribution is 0.102. The smallest absolute Gasteiger partial charge is 0.255 e. The van der Waals surface area contributed by atoms with Crippen molar-refractivity contribution in [3.8, 4) is 0 Å². The van der Waals surface area contributed by atoms with Crippen molar-refractivity contribution in [3.05, 3.63) is 52.7 Å². The second-order valence-corrected chi connectivity index (χ2v) is 4.56. The quantitative estimate of drug-likeness (QED) is 0.600. The van der Waals surface area contributed by atoms with Crippen molar-refractivity contribution in [2.45, 2.75) is 13.8 Å². The maximum atomic E-state index is 13.7. The van der Waals surface area contributed by atoms with E-state index in [1.54, 1.807) is 6.92 Å². The lowest BCUT2D eigenvalue weighted by atomic mass is 10.1. The number of benzene rings is 1. The Morgan fingerprint density at radius 3 is 2.52 bits per heavy atom. The molecule has 0 unspecified atom stereocenters. The van der Waals surface area contributed by atoms with Gasteiger partial charge < -0.3 is 10.7 Å². The topological polar surface area (TPSA) is 80.0 Å². The molecule has 110 valence electrons. The van der Waals surface area contributed by atoms with Gasteiger partial charge in [-0.3, -0.25) is 4.79 Å². The van der Waals surface area contributed by atoms with Crippen LogP contribution in [0.15, 0.2) is 24.3 Å². The summed E-state index contributed by atoms with van der Waals surface area (Å²) in [5, 5.41) is 2.32. The molecular weight excluding hydrogens is 278 g/mol. The molecule has 0 atom stereocenters. The van der Waals surface area contributed by atoms with Crippen LogP contribution in [0.5, 0.6) is 0 Å². The number of rotatable bonds is 3. The molecule has 0 spiro atoms. The van der Waals surface area contributed by atoms with Crippen LogP contribution in [0.1, 0.15) is 21.6 Å². The molecule has 5 nitrogen and oxygen atoms in total. The lowest BCUT2D eigenvalue weighted by Crippen LogP contribution is -2.16. The molecule has 0 aliphatic rings. The molecule has 7 heteroatoms. The highest BCUT2D eigenvalue weighted by Gasteiger charge is 2.13. The van der Waals surface area contributed by atoms with Gasteiger partial charge in [-0.1, -0.05) is 0 Å². The number of amides is 1. The summed E-state index contributed by atoms with van der Waals surface area (Å²) >= 11 is 0. The Morgan fingerprint density at radius 1 is 1.14 bits per heavy atom. The number of pyridine rings is 1. The summed E-state index contributed by atoms with van der Waals surface area (Å²) < 4.78 is 27.1. The zero-order chi connectivity index (χ0) is 15.6. The highest BCUT2D eigenvalue weighted by molar-refractivity contribution is 6.04. The number of nitrogen functional groups attached to an aromatic ring is 1. The number of anilines is 2. The number of carbonyl (C=O) groups excluding carboxylic acids is 1. The summed E-state index contributed by atoms with van der Waals surface area (Å²) in [7, 11) is 0. The SMILES string of the molecule is Cc1cc(C(=O)Nc2cc(F)c(C)cc2F)cc(NN)n1. The second-order valence-electron chi connectivity index (χ2n) is 4.56. The number of nitrogens with zero attached hydrogens (tertiary/aromatic N) is 1. The number of hydrogen-bond acceptors (Lipinski definition) is 4. The second kappa shape index (κ2) is 5.84. The van der Waals surface area contributed by atoms with Crippen molar-refractivity contribution in [2.75, 3.05) is 10.7 Å². The molecule has 2 aromatic rings. The first-order valence-corrected chi connectivity index (χ1v) is 6.13. The lowest BCUT2D eigenvalue weighted by Gasteiger charge is -2.09. The molecular formula is C14H14F2N4O. The largest absolute Gasteiger partial charge is 0.319 e. The minimum absolute atomic E-state index is 0.167. The van der Waals surface area contributed by atoms with Crippen LogP contribution in [0.4, 0.5) is 20.3 Å². The van der Waals surface area contributed by atoms with Gasteiger partial charge in [0, 0.05) is 17.3 Å². The molecule has 0 fully saturated rings. The van der Waals surface area contributed by atoms with E-state index >= 15 is 0 Å². The number of hydrazine groups is 1. The first kappa shape index (κ1) is 14.9. The van der Waals surface area contributed by atoms with Crippen LogP contribution in [0.2, 0.25) is 0 Å². The summed E-state index contributed by atoms with van der Waals surface area (Å²) in [4.78, 5) is 16.1. The fourth-order valence-electron chi connectivity index (χ4n) is 1.81. The van der Waals surface area contributed by atoms with Gasteiger partial charge >= 0.3 is 0 Å². The summed E-state index contributed by atoms with van der Waals surface area (Å²) in [6.07, 6.45) is 0. The van der Waals surface area contributed by atoms with Gasteiger partial charge in [0.1, 0.15) is 17.5 Å². The molecule has 0 aliphatic heterocycles. The Morgan fingerprint density at radius 2 is 1.86 bits per heavy atom. The van der Waals surface area contributed by atoms with Crippen LogP contribution in [0.3, 0.4) is 0 Å². The predicted octanol–water partition coefficient (Wildman–Crippen LogP) is 2.51. The molecule has 0 radical (unpaired) electrons. The van der Waals surface area contributed by atoms with E-state index in [0.29, 0.717) is 11.5 Å². The molecule has 4 N–H and O–H groups in total. The fraction of sp³-hybridized carbons (Fsp3) is 0.143. The number of nitrogens with one attached hydrogen (secondary N) is 2. The third-order valence-electron chi connectivity index (χ3n) is 2.86. The number of aromatic nitrogens is 1. The Hall–Kier alpha value is -2.54. The van der Waals surface area contributed by atoms with E-state index in [-0.39, 0.29) is 16.8 Å². The van der Waals surface area contributed by atoms with E-state index in [2.05, 4.69) is 15.7 Å². The minimum Gasteiger partial charge on any atom is -0.319 e. The van der Waals surface area contributed by atoms with E-state index in [0.717, 1.165) is 12.1 Å². The monoisotopic (exact) mass is 292 g/mol. The standard InChI is InChI=1S/C14H14F2N4O/c1-7-3-11(16)12(6-10(7)15)19-14(21)9-4-8(2)18-13(5-9)20-17/h3-6H,17H2,1-2H3,(H,18,20)(H,19,21). The van der Waals surface area contributed by atoms with E-state index in [1.807, 2.05) is 0 Å². The van der Waals surface area contributed by atoms with Crippen LogP contribution in [0, 0.1) is 25.5 Å². The molecule has 0 bridgehead atoms. The van der Waals surface area contributed by atoms with Crippen molar-refractivity contribution < 1.29 is 13.6 Å². The Balaban J connectivity index is 2.30. The summed E-state index contributed by atoms with van der Waals surface area (Å²) in [5.41, 5.74) is 3.07. The Labute approximate surface area is 120 Å². The van der Waals surface area contributed by atoms with Crippen LogP contribution in [-0.4, -0.2) is 10.9 Å². The van der Waals surface area contributed by atoms with E-state index < -0.39 is 17.5 Å². The summed E-state index contributed by atoms with van der Waals surface area (Å²) in [5.74, 6) is 3.67. The van der Waals surface area contributed by atoms with Crippen LogP contribution in [0.25, 0.3) is 0 Å². The number of aryl methyl sites for hydroxylation is 2. The zero-order valence-corrected chi connectivity index (χ0v) is 11.5. The van der Waals surface area contributed by atoms with Crippen LogP contribution >= 0.6 is 0 Å². The number of halogens is 2. The van der Waals surface area contributed by atoms with Crippen LogP contribution in [-0.2, 0) is 0 Å². The molecule has 2 rings (SSSR count). The Bertz CT molecular complexity index is 704. The molecule has 1 heterocycles. The van der Waals surface area contributed by atoms with E-state index in [4.69, 9.17) is 5.84 Å². The van der Waals surface area contributed by atoms with E-state index in [9.17, 15) is 13.6 Å². The van der Waals surface area contributed by atoms with Crippen molar-refractivity contribution in [2.24, 2.45) is 5.84 Å². The molecule has 1 aromatic heterocycles. The van der Waals surface area contributed by atoms with Gasteiger partial charge in [-0.25, -0.2) is 19.6 Å². The molecule has 0 saturated heterocycles. The van der Waals surface area contributed by atoms with Crippen molar-refractivity contribution in [1.29, 1.82) is 0 Å². The molecule has 0 saturated carbocycles. The molecule has 0 aliphatic carbocycles. The first-order valence-electron chi connectivity index (χ1n) is 6.13. The van der Waals surface area contributed by atoms with Crippen LogP contribution < -0.4 is 16.6 Å². The maximum Gasteiger partial charge on any atom is 0.255 e. The minimum atomic E-state index is -0.704. The Kier molecular flexibility index (Phi) is 4.13. The molecule has 1 amide bonds. The highest BCUT2D eigenvalue weighted by Crippen LogP contribution is 2.20. The van der Waals surface area contributed by atoms with Gasteiger partial charge in [-0.2, -0.15) is 0 Å². The van der Waals surface area contributed by atoms with Crippen molar-refractivity contribution in [1.82, 2.24) is 4.98 Å². The summed E-state index contributed by atoms with van der Waals surface area (Å²) in [6.45, 7) is 3.12. The highest BCUT2D eigenvalue weighted by atomic mass is 19.1. The normalized spacial score (nSPS) is 10.3. The maximum absolute atomic E-state index is 13.7. The van der Waals surface area contributed by atoms with Gasteiger partial charge in [0.05, 0.1) is 5.69 Å². The van der Waals surface area contributed by atoms with E-state index in [1.165, 1.54) is 19.1 Å².